The van der Waals surface area contributed by atoms with Crippen molar-refractivity contribution in [1.29, 1.82) is 0 Å². The lowest BCUT2D eigenvalue weighted by molar-refractivity contribution is -0.126. The molecule has 0 unspecified atom stereocenters. The zero-order valence-corrected chi connectivity index (χ0v) is 11.6. The van der Waals surface area contributed by atoms with Gasteiger partial charge in [0.2, 0.25) is 11.8 Å². The molecule has 0 saturated heterocycles. The number of nitrogens with zero attached hydrogens (tertiary/aromatic N) is 1. The Morgan fingerprint density at radius 1 is 0.864 bits per heavy atom. The van der Waals surface area contributed by atoms with E-state index in [1.807, 2.05) is 12.1 Å². The van der Waals surface area contributed by atoms with Crippen LogP contribution in [0, 0.1) is 5.92 Å². The van der Waals surface area contributed by atoms with Crippen LogP contribution in [0.5, 0.6) is 0 Å². The molecule has 0 heterocycles. The van der Waals surface area contributed by atoms with E-state index in [4.69, 9.17) is 5.21 Å². The van der Waals surface area contributed by atoms with E-state index in [-0.39, 0.29) is 0 Å². The Hall–Kier alpha value is -3.15. The van der Waals surface area contributed by atoms with Crippen molar-refractivity contribution in [1.82, 2.24) is 0 Å². The van der Waals surface area contributed by atoms with Crippen LogP contribution in [0.25, 0.3) is 0 Å². The monoisotopic (exact) mass is 297 g/mol. The third-order valence-electron chi connectivity index (χ3n) is 2.86. The molecule has 0 aliphatic heterocycles. The summed E-state index contributed by atoms with van der Waals surface area (Å²) in [5.74, 6) is -2.42. The van der Waals surface area contributed by atoms with Gasteiger partial charge in [-0.1, -0.05) is 36.4 Å². The molecule has 0 spiro atoms. The molecule has 2 aromatic carbocycles. The van der Waals surface area contributed by atoms with E-state index in [9.17, 15) is 9.59 Å². The Labute approximate surface area is 127 Å². The maximum atomic E-state index is 12.2. The second kappa shape index (κ2) is 7.58. The number of carbonyl (C=O) groups excluding carboxylic acids is 2. The lowest BCUT2D eigenvalue weighted by Gasteiger charge is -2.12. The molecule has 112 valence electrons. The average Bonchev–Trinajstić information content (AvgIpc) is 2.54. The van der Waals surface area contributed by atoms with Crippen molar-refractivity contribution < 1.29 is 14.8 Å². The summed E-state index contributed by atoms with van der Waals surface area (Å²) in [4.78, 5) is 24.3. The van der Waals surface area contributed by atoms with Gasteiger partial charge in [0.05, 0.1) is 6.21 Å². The van der Waals surface area contributed by atoms with Crippen LogP contribution < -0.4 is 10.6 Å². The highest BCUT2D eigenvalue weighted by atomic mass is 16.4. The number of benzene rings is 2. The molecule has 22 heavy (non-hydrogen) atoms. The minimum absolute atomic E-state index is 0.552. The minimum atomic E-state index is -1.24. The highest BCUT2D eigenvalue weighted by molar-refractivity contribution is 6.20. The first-order valence-electron chi connectivity index (χ1n) is 6.60. The Morgan fingerprint density at radius 2 is 1.27 bits per heavy atom. The van der Waals surface area contributed by atoms with E-state index in [0.717, 1.165) is 6.21 Å². The van der Waals surface area contributed by atoms with Crippen molar-refractivity contribution in [3.63, 3.8) is 0 Å². The Morgan fingerprint density at radius 3 is 1.64 bits per heavy atom. The lowest BCUT2D eigenvalue weighted by atomic mass is 10.1. The SMILES string of the molecule is O=C(Nc1ccccc1)C(C=NO)C(=O)Nc1ccccc1. The number of hydrogen-bond donors (Lipinski definition) is 3. The molecule has 0 aliphatic carbocycles. The van der Waals surface area contributed by atoms with Crippen LogP contribution in [0.3, 0.4) is 0 Å². The van der Waals surface area contributed by atoms with E-state index in [1.54, 1.807) is 48.5 Å². The maximum absolute atomic E-state index is 12.2. The number of amides is 2. The summed E-state index contributed by atoms with van der Waals surface area (Å²) in [7, 11) is 0. The summed E-state index contributed by atoms with van der Waals surface area (Å²) in [5, 5.41) is 16.7. The number of nitrogens with one attached hydrogen (secondary N) is 2. The van der Waals surface area contributed by atoms with E-state index >= 15 is 0 Å². The minimum Gasteiger partial charge on any atom is -0.411 e. The quantitative estimate of drug-likeness (QED) is 0.342. The van der Waals surface area contributed by atoms with Gasteiger partial charge in [-0.25, -0.2) is 0 Å². The molecule has 2 amide bonds. The molecule has 6 heteroatoms. The summed E-state index contributed by atoms with van der Waals surface area (Å²) in [6.45, 7) is 0. The molecule has 0 aromatic heterocycles. The Balaban J connectivity index is 2.08. The molecule has 0 radical (unpaired) electrons. The van der Waals surface area contributed by atoms with Gasteiger partial charge < -0.3 is 15.8 Å². The van der Waals surface area contributed by atoms with Crippen LogP contribution in [-0.2, 0) is 9.59 Å². The van der Waals surface area contributed by atoms with Crippen LogP contribution in [0.15, 0.2) is 65.8 Å². The second-order valence-corrected chi connectivity index (χ2v) is 4.45. The normalized spacial score (nSPS) is 10.6. The van der Waals surface area contributed by atoms with E-state index in [0.29, 0.717) is 11.4 Å². The third-order valence-corrected chi connectivity index (χ3v) is 2.86. The van der Waals surface area contributed by atoms with Gasteiger partial charge in [0.15, 0.2) is 5.92 Å². The molecule has 2 aromatic rings. The average molecular weight is 297 g/mol. The van der Waals surface area contributed by atoms with E-state index in [2.05, 4.69) is 15.8 Å². The van der Waals surface area contributed by atoms with Crippen molar-refractivity contribution in [2.45, 2.75) is 0 Å². The molecule has 0 fully saturated rings. The third kappa shape index (κ3) is 4.17. The topological polar surface area (TPSA) is 90.8 Å². The first-order valence-corrected chi connectivity index (χ1v) is 6.60. The zero-order valence-electron chi connectivity index (χ0n) is 11.6. The second-order valence-electron chi connectivity index (χ2n) is 4.45. The van der Waals surface area contributed by atoms with Gasteiger partial charge in [-0.15, -0.1) is 5.16 Å². The lowest BCUT2D eigenvalue weighted by Crippen LogP contribution is -2.35. The van der Waals surface area contributed by atoms with E-state index < -0.39 is 17.7 Å². The number of hydrogen-bond acceptors (Lipinski definition) is 4. The van der Waals surface area contributed by atoms with Crippen LogP contribution in [0.4, 0.5) is 11.4 Å². The molecule has 0 bridgehead atoms. The van der Waals surface area contributed by atoms with Gasteiger partial charge in [0.1, 0.15) is 0 Å². The largest absolute Gasteiger partial charge is 0.411 e. The molecule has 2 rings (SSSR count). The van der Waals surface area contributed by atoms with Crippen molar-refractivity contribution in [2.75, 3.05) is 10.6 Å². The van der Waals surface area contributed by atoms with Crippen LogP contribution >= 0.6 is 0 Å². The molecule has 0 aliphatic rings. The Kier molecular flexibility index (Phi) is 5.25. The predicted octanol–water partition coefficient (Wildman–Crippen LogP) is 2.34. The molecule has 0 atom stereocenters. The van der Waals surface area contributed by atoms with Gasteiger partial charge in [0.25, 0.3) is 0 Å². The van der Waals surface area contributed by atoms with Gasteiger partial charge in [0, 0.05) is 11.4 Å². The highest BCUT2D eigenvalue weighted by Crippen LogP contribution is 2.10. The Bertz CT molecular complexity index is 603. The van der Waals surface area contributed by atoms with Gasteiger partial charge in [-0.3, -0.25) is 9.59 Å². The van der Waals surface area contributed by atoms with Crippen LogP contribution in [0.1, 0.15) is 0 Å². The molecule has 0 saturated carbocycles. The van der Waals surface area contributed by atoms with Gasteiger partial charge >= 0.3 is 0 Å². The van der Waals surface area contributed by atoms with Crippen molar-refractivity contribution in [3.8, 4) is 0 Å². The summed E-state index contributed by atoms with van der Waals surface area (Å²) in [6, 6.07) is 17.4. The van der Waals surface area contributed by atoms with Crippen molar-refractivity contribution in [2.24, 2.45) is 11.1 Å². The van der Waals surface area contributed by atoms with Gasteiger partial charge in [-0.2, -0.15) is 0 Å². The van der Waals surface area contributed by atoms with Gasteiger partial charge in [-0.05, 0) is 24.3 Å². The fraction of sp³-hybridized carbons (Fsp3) is 0.0625. The fourth-order valence-corrected chi connectivity index (χ4v) is 1.80. The molecular weight excluding hydrogens is 282 g/mol. The number of anilines is 2. The smallest absolute Gasteiger partial charge is 0.242 e. The summed E-state index contributed by atoms with van der Waals surface area (Å²) < 4.78 is 0. The number of rotatable bonds is 5. The summed E-state index contributed by atoms with van der Waals surface area (Å²) in [5.41, 5.74) is 1.10. The van der Waals surface area contributed by atoms with Crippen LogP contribution in [-0.4, -0.2) is 23.2 Å². The number of carbonyl (C=O) groups is 2. The van der Waals surface area contributed by atoms with Crippen LogP contribution in [0.2, 0.25) is 0 Å². The molecule has 6 nitrogen and oxygen atoms in total. The standard InChI is InChI=1S/C16H15N3O3/c20-15(18-12-7-3-1-4-8-12)14(11-17-22)16(21)19-13-9-5-2-6-10-13/h1-11,14,22H,(H,18,20)(H,19,21). The highest BCUT2D eigenvalue weighted by Gasteiger charge is 2.25. The first kappa shape index (κ1) is 15.2. The zero-order chi connectivity index (χ0) is 15.8. The summed E-state index contributed by atoms with van der Waals surface area (Å²) in [6.07, 6.45) is 0.885. The molecule has 3 N–H and O–H groups in total. The maximum Gasteiger partial charge on any atom is 0.242 e. The van der Waals surface area contributed by atoms with Crippen molar-refractivity contribution >= 4 is 29.4 Å². The van der Waals surface area contributed by atoms with E-state index in [1.165, 1.54) is 0 Å². The fourth-order valence-electron chi connectivity index (χ4n) is 1.80. The predicted molar refractivity (Wildman–Crippen MR) is 83.9 cm³/mol. The number of para-hydroxylation sites is 2. The molecular formula is C16H15N3O3. The van der Waals surface area contributed by atoms with Crippen molar-refractivity contribution in [3.05, 3.63) is 60.7 Å². The summed E-state index contributed by atoms with van der Waals surface area (Å²) >= 11 is 0. The number of oxime groups is 1. The first-order chi connectivity index (χ1) is 10.7.